The molecule has 3 fully saturated rings. The minimum atomic E-state index is -0.372. The van der Waals surface area contributed by atoms with Crippen LogP contribution in [0.5, 0.6) is 0 Å². The maximum absolute atomic E-state index is 13.4. The largest absolute Gasteiger partial charge is 0.381 e. The molecule has 3 aliphatic heterocycles. The first-order valence-corrected chi connectivity index (χ1v) is 12.0. The summed E-state index contributed by atoms with van der Waals surface area (Å²) < 4.78 is 11.2. The molecule has 6 rings (SSSR count). The summed E-state index contributed by atoms with van der Waals surface area (Å²) in [5.41, 5.74) is 2.31. The number of morpholine rings is 1. The molecule has 178 valence electrons. The van der Waals surface area contributed by atoms with E-state index in [-0.39, 0.29) is 24.0 Å². The van der Waals surface area contributed by atoms with Gasteiger partial charge in [-0.1, -0.05) is 0 Å². The van der Waals surface area contributed by atoms with Crippen molar-refractivity contribution in [2.45, 2.75) is 43.8 Å². The Balaban J connectivity index is 1.29. The smallest absolute Gasteiger partial charge is 0.319 e. The van der Waals surface area contributed by atoms with Crippen molar-refractivity contribution in [2.75, 3.05) is 48.1 Å². The van der Waals surface area contributed by atoms with Crippen LogP contribution in [0.3, 0.4) is 0 Å². The molecule has 0 bridgehead atoms. The van der Waals surface area contributed by atoms with Crippen molar-refractivity contribution < 1.29 is 19.1 Å². The van der Waals surface area contributed by atoms with Crippen molar-refractivity contribution in [3.05, 3.63) is 30.5 Å². The fraction of sp³-hybridized carbons (Fsp3) is 0.500. The Kier molecular flexibility index (Phi) is 5.54. The summed E-state index contributed by atoms with van der Waals surface area (Å²) in [5.74, 6) is 1.41. The number of carbonyl (C=O) groups is 2. The van der Waals surface area contributed by atoms with E-state index in [1.807, 2.05) is 29.2 Å². The van der Waals surface area contributed by atoms with Gasteiger partial charge in [0.05, 0.1) is 19.4 Å². The average molecular weight is 465 g/mol. The van der Waals surface area contributed by atoms with E-state index >= 15 is 0 Å². The lowest BCUT2D eigenvalue weighted by Gasteiger charge is -2.46. The van der Waals surface area contributed by atoms with E-state index in [0.717, 1.165) is 42.8 Å². The molecule has 1 aliphatic carbocycles. The van der Waals surface area contributed by atoms with E-state index in [0.29, 0.717) is 50.5 Å². The number of urea groups is 1. The lowest BCUT2D eigenvalue weighted by Crippen LogP contribution is -2.61. The second kappa shape index (κ2) is 8.84. The van der Waals surface area contributed by atoms with Crippen molar-refractivity contribution in [3.8, 4) is 11.4 Å². The molecule has 1 saturated carbocycles. The van der Waals surface area contributed by atoms with Gasteiger partial charge in [0.1, 0.15) is 11.7 Å². The number of fused-ring (bicyclic) bond motifs is 3. The normalized spacial score (nSPS) is 22.7. The third-order valence-corrected chi connectivity index (χ3v) is 6.80. The lowest BCUT2D eigenvalue weighted by atomic mass is 10.0. The third kappa shape index (κ3) is 4.07. The zero-order valence-electron chi connectivity index (χ0n) is 18.9. The van der Waals surface area contributed by atoms with Crippen molar-refractivity contribution in [1.29, 1.82) is 0 Å². The van der Waals surface area contributed by atoms with Gasteiger partial charge < -0.3 is 29.9 Å². The van der Waals surface area contributed by atoms with Gasteiger partial charge in [0.2, 0.25) is 0 Å². The zero-order chi connectivity index (χ0) is 23.1. The lowest BCUT2D eigenvalue weighted by molar-refractivity contribution is -0.123. The molecule has 1 aromatic heterocycles. The number of anilines is 3. The van der Waals surface area contributed by atoms with Crippen molar-refractivity contribution in [1.82, 2.24) is 15.3 Å². The Labute approximate surface area is 197 Å². The number of hydrogen-bond acceptors (Lipinski definition) is 7. The van der Waals surface area contributed by atoms with E-state index < -0.39 is 0 Å². The van der Waals surface area contributed by atoms with E-state index in [2.05, 4.69) is 20.5 Å². The van der Waals surface area contributed by atoms with Crippen LogP contribution in [0.15, 0.2) is 30.5 Å². The molecule has 2 N–H and O–H groups in total. The van der Waals surface area contributed by atoms with Crippen LogP contribution in [0.1, 0.15) is 25.7 Å². The summed E-state index contributed by atoms with van der Waals surface area (Å²) in [4.78, 5) is 38.9. The Bertz CT molecular complexity index is 1080. The van der Waals surface area contributed by atoms with Gasteiger partial charge in [-0.3, -0.25) is 4.79 Å². The van der Waals surface area contributed by atoms with Crippen LogP contribution in [-0.2, 0) is 14.3 Å². The summed E-state index contributed by atoms with van der Waals surface area (Å²) in [7, 11) is 0. The van der Waals surface area contributed by atoms with Gasteiger partial charge >= 0.3 is 6.03 Å². The van der Waals surface area contributed by atoms with Gasteiger partial charge in [0.15, 0.2) is 11.6 Å². The number of nitrogens with zero attached hydrogens (tertiary/aromatic N) is 4. The van der Waals surface area contributed by atoms with Crippen LogP contribution in [0.2, 0.25) is 0 Å². The molecular formula is C24H28N6O4. The third-order valence-electron chi connectivity index (χ3n) is 6.80. The van der Waals surface area contributed by atoms with Crippen LogP contribution < -0.4 is 20.4 Å². The number of amides is 3. The van der Waals surface area contributed by atoms with Gasteiger partial charge in [-0.05, 0) is 49.9 Å². The van der Waals surface area contributed by atoms with Gasteiger partial charge in [-0.15, -0.1) is 0 Å². The molecule has 1 atom stereocenters. The molecule has 3 amide bonds. The van der Waals surface area contributed by atoms with Crippen LogP contribution >= 0.6 is 0 Å². The Morgan fingerprint density at radius 2 is 1.82 bits per heavy atom. The Hall–Kier alpha value is -3.24. The summed E-state index contributed by atoms with van der Waals surface area (Å²) in [6, 6.07) is 7.32. The molecule has 2 aromatic rings. The summed E-state index contributed by atoms with van der Waals surface area (Å²) in [5, 5.41) is 5.77. The van der Waals surface area contributed by atoms with Crippen LogP contribution in [-0.4, -0.2) is 73.0 Å². The predicted molar refractivity (Wildman–Crippen MR) is 126 cm³/mol. The topological polar surface area (TPSA) is 109 Å². The zero-order valence-corrected chi connectivity index (χ0v) is 18.9. The molecule has 4 aliphatic rings. The number of ether oxygens (including phenoxy) is 2. The SMILES string of the molecule is O=C(Nc1ccc(-c2ncc3c(n2)N2CCOCC2C(=O)N3C2CCOCC2)cc1)NC1CC1. The van der Waals surface area contributed by atoms with Gasteiger partial charge in [0, 0.05) is 43.1 Å². The standard InChI is InChI=1S/C24H28N6O4/c31-23-20-14-34-12-9-29(20)22-19(30(23)18-7-10-33-11-8-18)13-25-21(28-22)15-1-3-16(4-2-15)26-24(32)27-17-5-6-17/h1-4,13,17-18,20H,5-12,14H2,(H2,26,27,32). The van der Waals surface area contributed by atoms with Crippen LogP contribution in [0, 0.1) is 0 Å². The maximum Gasteiger partial charge on any atom is 0.319 e. The van der Waals surface area contributed by atoms with E-state index in [4.69, 9.17) is 14.5 Å². The second-order valence-corrected chi connectivity index (χ2v) is 9.19. The van der Waals surface area contributed by atoms with Crippen molar-refractivity contribution in [3.63, 3.8) is 0 Å². The molecule has 1 aromatic carbocycles. The first-order chi connectivity index (χ1) is 16.7. The molecule has 4 heterocycles. The second-order valence-electron chi connectivity index (χ2n) is 9.19. The van der Waals surface area contributed by atoms with Crippen molar-refractivity contribution in [2.24, 2.45) is 0 Å². The fourth-order valence-corrected chi connectivity index (χ4v) is 4.83. The molecule has 10 nitrogen and oxygen atoms in total. The molecule has 0 radical (unpaired) electrons. The van der Waals surface area contributed by atoms with Crippen LogP contribution in [0.4, 0.5) is 22.0 Å². The quantitative estimate of drug-likeness (QED) is 0.714. The minimum Gasteiger partial charge on any atom is -0.381 e. The average Bonchev–Trinajstić information content (AvgIpc) is 3.69. The Morgan fingerprint density at radius 3 is 2.59 bits per heavy atom. The summed E-state index contributed by atoms with van der Waals surface area (Å²) in [6.07, 6.45) is 5.45. The molecule has 10 heteroatoms. The number of carbonyl (C=O) groups excluding carboxylic acids is 2. The van der Waals surface area contributed by atoms with Gasteiger partial charge in [0.25, 0.3) is 5.91 Å². The summed E-state index contributed by atoms with van der Waals surface area (Å²) >= 11 is 0. The Morgan fingerprint density at radius 1 is 1.03 bits per heavy atom. The number of hydrogen-bond donors (Lipinski definition) is 2. The van der Waals surface area contributed by atoms with Crippen LogP contribution in [0.25, 0.3) is 11.4 Å². The molecule has 2 saturated heterocycles. The molecular weight excluding hydrogens is 436 g/mol. The number of benzene rings is 1. The van der Waals surface area contributed by atoms with Gasteiger partial charge in [-0.25, -0.2) is 14.8 Å². The highest BCUT2D eigenvalue weighted by Gasteiger charge is 2.44. The van der Waals surface area contributed by atoms with Crippen molar-refractivity contribution >= 4 is 29.1 Å². The first-order valence-electron chi connectivity index (χ1n) is 12.0. The van der Waals surface area contributed by atoms with E-state index in [1.165, 1.54) is 0 Å². The van der Waals surface area contributed by atoms with E-state index in [1.54, 1.807) is 6.20 Å². The highest BCUT2D eigenvalue weighted by molar-refractivity contribution is 6.05. The monoisotopic (exact) mass is 464 g/mol. The molecule has 0 spiro atoms. The minimum absolute atomic E-state index is 0.0513. The van der Waals surface area contributed by atoms with Gasteiger partial charge in [-0.2, -0.15) is 0 Å². The first kappa shape index (κ1) is 21.3. The number of rotatable bonds is 4. The number of aromatic nitrogens is 2. The molecule has 1 unspecified atom stereocenters. The fourth-order valence-electron chi connectivity index (χ4n) is 4.83. The maximum atomic E-state index is 13.4. The molecule has 34 heavy (non-hydrogen) atoms. The predicted octanol–water partition coefficient (Wildman–Crippen LogP) is 2.16. The highest BCUT2D eigenvalue weighted by Crippen LogP contribution is 2.39. The highest BCUT2D eigenvalue weighted by atomic mass is 16.5. The summed E-state index contributed by atoms with van der Waals surface area (Å²) in [6.45, 7) is 2.82. The van der Waals surface area contributed by atoms with E-state index in [9.17, 15) is 9.59 Å². The number of nitrogens with one attached hydrogen (secondary N) is 2.